The van der Waals surface area contributed by atoms with Gasteiger partial charge in [-0.15, -0.1) is 0 Å². The number of rotatable bonds is 5. The number of halogens is 2. The molecule has 1 saturated carbocycles. The number of carbonyl (C=O) groups is 1. The Morgan fingerprint density at radius 2 is 1.92 bits per heavy atom. The standard InChI is InChI=1S/C19H21ClFN3O2/c20-16-10-13(1-6-17(16)21)19(26)24-15-4-2-14(3-5-15)23-18-9-12(11-25)7-8-22-18/h1,6-10,14-15,25H,2-5,11H2,(H,22,23)(H,24,26). The van der Waals surface area contributed by atoms with E-state index >= 15 is 0 Å². The van der Waals surface area contributed by atoms with E-state index in [1.165, 1.54) is 18.2 Å². The fourth-order valence-electron chi connectivity index (χ4n) is 3.15. The number of aromatic nitrogens is 1. The predicted molar refractivity (Wildman–Crippen MR) is 98.7 cm³/mol. The maximum absolute atomic E-state index is 13.2. The molecule has 26 heavy (non-hydrogen) atoms. The minimum absolute atomic E-state index is 0.0105. The SMILES string of the molecule is O=C(NC1CCC(Nc2cc(CO)ccn2)CC1)c1ccc(F)c(Cl)c1. The molecule has 5 nitrogen and oxygen atoms in total. The van der Waals surface area contributed by atoms with Crippen LogP contribution in [0.1, 0.15) is 41.6 Å². The molecule has 7 heteroatoms. The topological polar surface area (TPSA) is 74.2 Å². The molecule has 1 heterocycles. The molecule has 138 valence electrons. The molecule has 0 saturated heterocycles. The Morgan fingerprint density at radius 3 is 2.62 bits per heavy atom. The number of carbonyl (C=O) groups excluding carboxylic acids is 1. The molecule has 1 amide bonds. The van der Waals surface area contributed by atoms with Crippen LogP contribution in [-0.2, 0) is 6.61 Å². The molecule has 1 fully saturated rings. The molecule has 0 bridgehead atoms. The average Bonchev–Trinajstić information content (AvgIpc) is 2.65. The summed E-state index contributed by atoms with van der Waals surface area (Å²) in [6.45, 7) is -0.0105. The molecule has 0 radical (unpaired) electrons. The van der Waals surface area contributed by atoms with Crippen molar-refractivity contribution in [3.8, 4) is 0 Å². The summed E-state index contributed by atoms with van der Waals surface area (Å²) < 4.78 is 13.2. The molecule has 1 aromatic heterocycles. The van der Waals surface area contributed by atoms with Gasteiger partial charge in [-0.05, 0) is 61.6 Å². The van der Waals surface area contributed by atoms with Crippen LogP contribution < -0.4 is 10.6 Å². The van der Waals surface area contributed by atoms with Gasteiger partial charge in [0.25, 0.3) is 5.91 Å². The van der Waals surface area contributed by atoms with E-state index in [2.05, 4.69) is 15.6 Å². The Labute approximate surface area is 156 Å². The van der Waals surface area contributed by atoms with Gasteiger partial charge in [0.15, 0.2) is 0 Å². The van der Waals surface area contributed by atoms with Crippen molar-refractivity contribution >= 4 is 23.3 Å². The van der Waals surface area contributed by atoms with Gasteiger partial charge < -0.3 is 15.7 Å². The number of aliphatic hydroxyl groups excluding tert-OH is 1. The number of aliphatic hydroxyl groups is 1. The van der Waals surface area contributed by atoms with Crippen LogP contribution in [0, 0.1) is 5.82 Å². The first-order valence-electron chi connectivity index (χ1n) is 8.63. The van der Waals surface area contributed by atoms with Crippen LogP contribution in [0.4, 0.5) is 10.2 Å². The van der Waals surface area contributed by atoms with Crippen molar-refractivity contribution in [3.05, 3.63) is 58.5 Å². The molecule has 0 atom stereocenters. The molecule has 0 aliphatic heterocycles. The van der Waals surface area contributed by atoms with Gasteiger partial charge in [0, 0.05) is 23.8 Å². The fraction of sp³-hybridized carbons (Fsp3) is 0.368. The van der Waals surface area contributed by atoms with Gasteiger partial charge in [0.1, 0.15) is 11.6 Å². The van der Waals surface area contributed by atoms with Crippen molar-refractivity contribution in [2.45, 2.75) is 44.4 Å². The Balaban J connectivity index is 1.50. The van der Waals surface area contributed by atoms with Crippen molar-refractivity contribution in [2.75, 3.05) is 5.32 Å². The number of nitrogens with zero attached hydrogens (tertiary/aromatic N) is 1. The third-order valence-corrected chi connectivity index (χ3v) is 4.89. The number of benzene rings is 1. The highest BCUT2D eigenvalue weighted by atomic mass is 35.5. The second-order valence-corrected chi connectivity index (χ2v) is 6.91. The Bertz CT molecular complexity index is 779. The van der Waals surface area contributed by atoms with Crippen LogP contribution in [0.25, 0.3) is 0 Å². The van der Waals surface area contributed by atoms with Crippen molar-refractivity contribution in [3.63, 3.8) is 0 Å². The van der Waals surface area contributed by atoms with Gasteiger partial charge in [0.2, 0.25) is 0 Å². The zero-order valence-corrected chi connectivity index (χ0v) is 15.0. The summed E-state index contributed by atoms with van der Waals surface area (Å²) in [6.07, 6.45) is 5.17. The number of pyridine rings is 1. The maximum atomic E-state index is 13.2. The Hall–Kier alpha value is -2.18. The predicted octanol–water partition coefficient (Wildman–Crippen LogP) is 3.52. The monoisotopic (exact) mass is 377 g/mol. The van der Waals surface area contributed by atoms with E-state index in [0.29, 0.717) is 5.56 Å². The zero-order valence-electron chi connectivity index (χ0n) is 14.2. The highest BCUT2D eigenvalue weighted by Crippen LogP contribution is 2.23. The van der Waals surface area contributed by atoms with Crippen LogP contribution in [0.5, 0.6) is 0 Å². The number of anilines is 1. The first-order valence-corrected chi connectivity index (χ1v) is 9.01. The van der Waals surface area contributed by atoms with Crippen LogP contribution >= 0.6 is 11.6 Å². The summed E-state index contributed by atoms with van der Waals surface area (Å²) in [5.74, 6) is -0.0145. The largest absolute Gasteiger partial charge is 0.392 e. The van der Waals surface area contributed by atoms with Crippen molar-refractivity contribution in [2.24, 2.45) is 0 Å². The summed E-state index contributed by atoms with van der Waals surface area (Å²) in [7, 11) is 0. The lowest BCUT2D eigenvalue weighted by atomic mass is 9.91. The number of hydrogen-bond acceptors (Lipinski definition) is 4. The van der Waals surface area contributed by atoms with E-state index in [-0.39, 0.29) is 29.6 Å². The molecule has 0 unspecified atom stereocenters. The highest BCUT2D eigenvalue weighted by Gasteiger charge is 2.23. The molecular weight excluding hydrogens is 357 g/mol. The minimum Gasteiger partial charge on any atom is -0.392 e. The average molecular weight is 378 g/mol. The first kappa shape index (κ1) is 18.6. The minimum atomic E-state index is -0.534. The van der Waals surface area contributed by atoms with Crippen LogP contribution in [-0.4, -0.2) is 28.1 Å². The quantitative estimate of drug-likeness (QED) is 0.745. The van der Waals surface area contributed by atoms with E-state index in [1.54, 1.807) is 12.3 Å². The van der Waals surface area contributed by atoms with Gasteiger partial charge in [-0.2, -0.15) is 0 Å². The van der Waals surface area contributed by atoms with Crippen molar-refractivity contribution in [1.29, 1.82) is 0 Å². The van der Waals surface area contributed by atoms with Gasteiger partial charge in [-0.3, -0.25) is 4.79 Å². The third kappa shape index (κ3) is 4.71. The van der Waals surface area contributed by atoms with Crippen molar-refractivity contribution < 1.29 is 14.3 Å². The van der Waals surface area contributed by atoms with E-state index in [4.69, 9.17) is 11.6 Å². The molecule has 1 aromatic carbocycles. The summed E-state index contributed by atoms with van der Waals surface area (Å²) in [4.78, 5) is 16.5. The molecule has 1 aliphatic carbocycles. The summed E-state index contributed by atoms with van der Waals surface area (Å²) >= 11 is 5.73. The van der Waals surface area contributed by atoms with Crippen LogP contribution in [0.15, 0.2) is 36.5 Å². The van der Waals surface area contributed by atoms with Gasteiger partial charge in [0.05, 0.1) is 11.6 Å². The highest BCUT2D eigenvalue weighted by molar-refractivity contribution is 6.31. The smallest absolute Gasteiger partial charge is 0.251 e. The lowest BCUT2D eigenvalue weighted by Gasteiger charge is -2.30. The molecule has 3 N–H and O–H groups in total. The van der Waals surface area contributed by atoms with E-state index < -0.39 is 5.82 Å². The lowest BCUT2D eigenvalue weighted by molar-refractivity contribution is 0.0926. The zero-order chi connectivity index (χ0) is 18.5. The Morgan fingerprint density at radius 1 is 1.19 bits per heavy atom. The molecule has 2 aromatic rings. The number of amides is 1. The molecular formula is C19H21ClFN3O2. The number of hydrogen-bond donors (Lipinski definition) is 3. The van der Waals surface area contributed by atoms with Gasteiger partial charge >= 0.3 is 0 Å². The van der Waals surface area contributed by atoms with E-state index in [9.17, 15) is 14.3 Å². The fourth-order valence-corrected chi connectivity index (χ4v) is 3.33. The molecule has 1 aliphatic rings. The maximum Gasteiger partial charge on any atom is 0.251 e. The second kappa shape index (κ2) is 8.47. The van der Waals surface area contributed by atoms with Crippen molar-refractivity contribution in [1.82, 2.24) is 10.3 Å². The second-order valence-electron chi connectivity index (χ2n) is 6.50. The summed E-state index contributed by atoms with van der Waals surface area (Å²) in [5, 5.41) is 15.5. The third-order valence-electron chi connectivity index (χ3n) is 4.60. The first-order chi connectivity index (χ1) is 12.5. The summed E-state index contributed by atoms with van der Waals surface area (Å²) in [5.41, 5.74) is 1.18. The van der Waals surface area contributed by atoms with Crippen LogP contribution in [0.3, 0.4) is 0 Å². The van der Waals surface area contributed by atoms with E-state index in [0.717, 1.165) is 37.1 Å². The van der Waals surface area contributed by atoms with E-state index in [1.807, 2.05) is 6.07 Å². The summed E-state index contributed by atoms with van der Waals surface area (Å²) in [6, 6.07) is 7.96. The lowest BCUT2D eigenvalue weighted by Crippen LogP contribution is -2.40. The molecule has 0 spiro atoms. The number of nitrogens with one attached hydrogen (secondary N) is 2. The molecule has 3 rings (SSSR count). The van der Waals surface area contributed by atoms with Crippen LogP contribution in [0.2, 0.25) is 5.02 Å². The van der Waals surface area contributed by atoms with Gasteiger partial charge in [-0.1, -0.05) is 11.6 Å². The normalized spacial score (nSPS) is 19.8. The van der Waals surface area contributed by atoms with Gasteiger partial charge in [-0.25, -0.2) is 9.37 Å². The Kier molecular flexibility index (Phi) is 6.06.